The first kappa shape index (κ1) is 14.7. The molecule has 1 rings (SSSR count). The highest BCUT2D eigenvalue weighted by Crippen LogP contribution is 2.07. The Balaban J connectivity index is 2.84. The lowest BCUT2D eigenvalue weighted by atomic mass is 10.1. The lowest BCUT2D eigenvalue weighted by Crippen LogP contribution is -2.38. The number of primary amides is 1. The van der Waals surface area contributed by atoms with E-state index in [2.05, 4.69) is 11.8 Å². The monoisotopic (exact) mass is 260 g/mol. The van der Waals surface area contributed by atoms with E-state index in [0.29, 0.717) is 17.7 Å². The quantitative estimate of drug-likeness (QED) is 0.746. The Morgan fingerprint density at radius 3 is 2.42 bits per heavy atom. The van der Waals surface area contributed by atoms with Gasteiger partial charge in [0, 0.05) is 17.7 Å². The summed E-state index contributed by atoms with van der Waals surface area (Å²) in [6, 6.07) is 6.64. The minimum atomic E-state index is -0.541. The SMILES string of the molecule is CCN(CC(N)=O)C(=O)c1ccc(C#CCO)cc1. The lowest BCUT2D eigenvalue weighted by molar-refractivity contribution is -0.118. The van der Waals surface area contributed by atoms with E-state index in [1.54, 1.807) is 31.2 Å². The van der Waals surface area contributed by atoms with Crippen molar-refractivity contribution in [3.63, 3.8) is 0 Å². The van der Waals surface area contributed by atoms with Gasteiger partial charge in [0.1, 0.15) is 6.61 Å². The lowest BCUT2D eigenvalue weighted by Gasteiger charge is -2.18. The average molecular weight is 260 g/mol. The number of hydrogen-bond acceptors (Lipinski definition) is 3. The Morgan fingerprint density at radius 1 is 1.32 bits per heavy atom. The molecule has 0 saturated carbocycles. The van der Waals surface area contributed by atoms with Crippen molar-refractivity contribution in [1.29, 1.82) is 0 Å². The molecule has 0 aliphatic carbocycles. The first-order chi connectivity index (χ1) is 9.08. The number of carbonyl (C=O) groups excluding carboxylic acids is 2. The van der Waals surface area contributed by atoms with Crippen LogP contribution in [0.5, 0.6) is 0 Å². The molecule has 0 bridgehead atoms. The van der Waals surface area contributed by atoms with Crippen molar-refractivity contribution in [1.82, 2.24) is 4.90 Å². The van der Waals surface area contributed by atoms with Crippen LogP contribution in [0, 0.1) is 11.8 Å². The van der Waals surface area contributed by atoms with Crippen LogP contribution in [0.15, 0.2) is 24.3 Å². The number of aliphatic hydroxyl groups is 1. The third kappa shape index (κ3) is 4.45. The van der Waals surface area contributed by atoms with Gasteiger partial charge in [-0.05, 0) is 31.2 Å². The van der Waals surface area contributed by atoms with Crippen LogP contribution in [0.4, 0.5) is 0 Å². The second-order valence-electron chi connectivity index (χ2n) is 3.82. The van der Waals surface area contributed by atoms with Crippen molar-refractivity contribution >= 4 is 11.8 Å². The van der Waals surface area contributed by atoms with Crippen LogP contribution in [0.3, 0.4) is 0 Å². The number of nitrogens with zero attached hydrogens (tertiary/aromatic N) is 1. The van der Waals surface area contributed by atoms with E-state index in [1.807, 2.05) is 0 Å². The van der Waals surface area contributed by atoms with Crippen LogP contribution in [0.2, 0.25) is 0 Å². The van der Waals surface area contributed by atoms with Gasteiger partial charge in [0.05, 0.1) is 6.54 Å². The van der Waals surface area contributed by atoms with E-state index in [4.69, 9.17) is 10.8 Å². The Labute approximate surface area is 112 Å². The smallest absolute Gasteiger partial charge is 0.254 e. The normalized spacial score (nSPS) is 9.37. The second-order valence-corrected chi connectivity index (χ2v) is 3.82. The van der Waals surface area contributed by atoms with Crippen molar-refractivity contribution in [2.24, 2.45) is 5.73 Å². The molecule has 0 saturated heterocycles. The minimum Gasteiger partial charge on any atom is -0.384 e. The van der Waals surface area contributed by atoms with Crippen LogP contribution < -0.4 is 5.73 Å². The van der Waals surface area contributed by atoms with Crippen LogP contribution in [-0.4, -0.2) is 41.5 Å². The highest BCUT2D eigenvalue weighted by molar-refractivity contribution is 5.96. The summed E-state index contributed by atoms with van der Waals surface area (Å²) >= 11 is 0. The molecule has 1 aromatic rings. The molecule has 0 atom stereocenters. The molecular formula is C14H16N2O3. The highest BCUT2D eigenvalue weighted by Gasteiger charge is 2.15. The molecule has 2 amide bonds. The van der Waals surface area contributed by atoms with Gasteiger partial charge in [-0.2, -0.15) is 0 Å². The molecule has 0 aliphatic rings. The summed E-state index contributed by atoms with van der Waals surface area (Å²) in [4.78, 5) is 24.3. The molecule has 0 fully saturated rings. The first-order valence-corrected chi connectivity index (χ1v) is 5.85. The minimum absolute atomic E-state index is 0.0958. The fraction of sp³-hybridized carbons (Fsp3) is 0.286. The summed E-state index contributed by atoms with van der Waals surface area (Å²) in [6.45, 7) is 1.89. The summed E-state index contributed by atoms with van der Waals surface area (Å²) in [6.07, 6.45) is 0. The number of hydrogen-bond donors (Lipinski definition) is 2. The molecule has 19 heavy (non-hydrogen) atoms. The van der Waals surface area contributed by atoms with E-state index in [1.165, 1.54) is 4.90 Å². The maximum Gasteiger partial charge on any atom is 0.254 e. The van der Waals surface area contributed by atoms with Gasteiger partial charge in [-0.3, -0.25) is 9.59 Å². The number of likely N-dealkylation sites (N-methyl/N-ethyl adjacent to an activating group) is 1. The summed E-state index contributed by atoms with van der Waals surface area (Å²) in [7, 11) is 0. The molecule has 3 N–H and O–H groups in total. The van der Waals surface area contributed by atoms with Crippen LogP contribution >= 0.6 is 0 Å². The van der Waals surface area contributed by atoms with Crippen molar-refractivity contribution < 1.29 is 14.7 Å². The average Bonchev–Trinajstić information content (AvgIpc) is 2.42. The molecule has 0 radical (unpaired) electrons. The number of aliphatic hydroxyl groups excluding tert-OH is 1. The van der Waals surface area contributed by atoms with Crippen LogP contribution in [0.25, 0.3) is 0 Å². The van der Waals surface area contributed by atoms with Crippen molar-refractivity contribution in [3.8, 4) is 11.8 Å². The van der Waals surface area contributed by atoms with Crippen LogP contribution in [0.1, 0.15) is 22.8 Å². The Bertz CT molecular complexity index is 512. The fourth-order valence-electron chi connectivity index (χ4n) is 1.54. The summed E-state index contributed by atoms with van der Waals surface area (Å²) in [5.41, 5.74) is 6.27. The number of nitrogens with two attached hydrogens (primary N) is 1. The van der Waals surface area contributed by atoms with Gasteiger partial charge in [-0.15, -0.1) is 0 Å². The molecule has 0 spiro atoms. The third-order valence-corrected chi connectivity index (χ3v) is 2.46. The number of benzene rings is 1. The van der Waals surface area contributed by atoms with E-state index >= 15 is 0 Å². The van der Waals surface area contributed by atoms with E-state index in [9.17, 15) is 9.59 Å². The molecule has 5 heteroatoms. The Morgan fingerprint density at radius 2 is 1.95 bits per heavy atom. The molecule has 0 aromatic heterocycles. The van der Waals surface area contributed by atoms with E-state index in [0.717, 1.165) is 0 Å². The van der Waals surface area contributed by atoms with Gasteiger partial charge in [0.2, 0.25) is 5.91 Å². The van der Waals surface area contributed by atoms with Crippen molar-refractivity contribution in [2.75, 3.05) is 19.7 Å². The summed E-state index contributed by atoms with van der Waals surface area (Å²) in [5.74, 6) is 4.47. The van der Waals surface area contributed by atoms with E-state index < -0.39 is 5.91 Å². The molecule has 0 aliphatic heterocycles. The molecule has 0 heterocycles. The predicted molar refractivity (Wildman–Crippen MR) is 71.2 cm³/mol. The maximum absolute atomic E-state index is 12.1. The van der Waals surface area contributed by atoms with E-state index in [-0.39, 0.29) is 19.1 Å². The second kappa shape index (κ2) is 7.19. The third-order valence-electron chi connectivity index (χ3n) is 2.46. The van der Waals surface area contributed by atoms with Gasteiger partial charge in [0.15, 0.2) is 0 Å². The maximum atomic E-state index is 12.1. The number of rotatable bonds is 4. The Kier molecular flexibility index (Phi) is 5.58. The van der Waals surface area contributed by atoms with Crippen molar-refractivity contribution in [2.45, 2.75) is 6.92 Å². The van der Waals surface area contributed by atoms with Crippen LogP contribution in [-0.2, 0) is 4.79 Å². The molecule has 1 aromatic carbocycles. The number of amides is 2. The number of carbonyl (C=O) groups is 2. The highest BCUT2D eigenvalue weighted by atomic mass is 16.2. The standard InChI is InChI=1S/C14H16N2O3/c1-2-16(10-13(15)18)14(19)12-7-5-11(6-8-12)4-3-9-17/h5-8,17H,2,9-10H2,1H3,(H2,15,18). The summed E-state index contributed by atoms with van der Waals surface area (Å²) in [5, 5.41) is 8.58. The topological polar surface area (TPSA) is 83.6 Å². The van der Waals surface area contributed by atoms with Gasteiger partial charge < -0.3 is 15.7 Å². The zero-order valence-corrected chi connectivity index (χ0v) is 10.7. The van der Waals surface area contributed by atoms with Gasteiger partial charge in [0.25, 0.3) is 5.91 Å². The zero-order valence-electron chi connectivity index (χ0n) is 10.7. The zero-order chi connectivity index (χ0) is 14.3. The first-order valence-electron chi connectivity index (χ1n) is 5.85. The van der Waals surface area contributed by atoms with Gasteiger partial charge in [-0.1, -0.05) is 11.8 Å². The fourth-order valence-corrected chi connectivity index (χ4v) is 1.54. The predicted octanol–water partition coefficient (Wildman–Crippen LogP) is -0.0222. The molecular weight excluding hydrogens is 244 g/mol. The van der Waals surface area contributed by atoms with Gasteiger partial charge in [-0.25, -0.2) is 0 Å². The Hall–Kier alpha value is -2.32. The summed E-state index contributed by atoms with van der Waals surface area (Å²) < 4.78 is 0. The molecule has 100 valence electrons. The molecule has 5 nitrogen and oxygen atoms in total. The van der Waals surface area contributed by atoms with Gasteiger partial charge >= 0.3 is 0 Å². The molecule has 0 unspecified atom stereocenters. The largest absolute Gasteiger partial charge is 0.384 e. The van der Waals surface area contributed by atoms with Crippen molar-refractivity contribution in [3.05, 3.63) is 35.4 Å².